The van der Waals surface area contributed by atoms with Crippen LogP contribution in [0.25, 0.3) is 0 Å². The van der Waals surface area contributed by atoms with Crippen molar-refractivity contribution in [2.24, 2.45) is 5.92 Å². The summed E-state index contributed by atoms with van der Waals surface area (Å²) < 4.78 is 5.40. The summed E-state index contributed by atoms with van der Waals surface area (Å²) >= 11 is 6.00. The van der Waals surface area contributed by atoms with Crippen LogP contribution in [0.1, 0.15) is 39.3 Å². The van der Waals surface area contributed by atoms with Crippen LogP contribution in [0.3, 0.4) is 0 Å². The van der Waals surface area contributed by atoms with Gasteiger partial charge in [0.15, 0.2) is 0 Å². The number of ether oxygens (including phenoxy) is 1. The lowest BCUT2D eigenvalue weighted by Gasteiger charge is -2.33. The predicted octanol–water partition coefficient (Wildman–Crippen LogP) is 3.51. The normalized spacial score (nSPS) is 16.6. The van der Waals surface area contributed by atoms with Gasteiger partial charge < -0.3 is 15.4 Å². The van der Waals surface area contributed by atoms with Crippen LogP contribution in [0.2, 0.25) is 5.02 Å². The van der Waals surface area contributed by atoms with E-state index in [1.54, 1.807) is 11.0 Å². The molecule has 1 amide bonds. The number of nitrogens with zero attached hydrogens (tertiary/aromatic N) is 2. The highest BCUT2D eigenvalue weighted by Gasteiger charge is 2.27. The van der Waals surface area contributed by atoms with Gasteiger partial charge in [0.2, 0.25) is 0 Å². The minimum atomic E-state index is -0.448. The summed E-state index contributed by atoms with van der Waals surface area (Å²) in [6.45, 7) is 7.08. The maximum absolute atomic E-state index is 12.0. The SMILES string of the molecule is CC(C)(C)OC(=O)N1CCC(Cc2cc(Cl)cc(N)n2)CC1. The number of halogens is 1. The third kappa shape index (κ3) is 5.05. The lowest BCUT2D eigenvalue weighted by Crippen LogP contribution is -2.42. The van der Waals surface area contributed by atoms with Gasteiger partial charge in [0, 0.05) is 23.8 Å². The molecule has 0 radical (unpaired) electrons. The predicted molar refractivity (Wildman–Crippen MR) is 87.9 cm³/mol. The molecule has 0 atom stereocenters. The van der Waals surface area contributed by atoms with Gasteiger partial charge in [-0.15, -0.1) is 0 Å². The Bertz CT molecular complexity index is 514. The van der Waals surface area contributed by atoms with Gasteiger partial charge in [0.25, 0.3) is 0 Å². The maximum atomic E-state index is 12.0. The summed E-state index contributed by atoms with van der Waals surface area (Å²) in [6, 6.07) is 3.51. The summed E-state index contributed by atoms with van der Waals surface area (Å²) in [5, 5.41) is 0.619. The molecule has 1 aromatic heterocycles. The van der Waals surface area contributed by atoms with Crippen LogP contribution < -0.4 is 5.73 Å². The first-order valence-electron chi connectivity index (χ1n) is 7.63. The first-order chi connectivity index (χ1) is 10.2. The highest BCUT2D eigenvalue weighted by molar-refractivity contribution is 6.30. The minimum absolute atomic E-state index is 0.226. The van der Waals surface area contributed by atoms with Crippen molar-refractivity contribution in [3.05, 3.63) is 22.8 Å². The molecule has 0 saturated carbocycles. The van der Waals surface area contributed by atoms with Crippen LogP contribution in [-0.4, -0.2) is 34.7 Å². The van der Waals surface area contributed by atoms with Gasteiger partial charge in [0.05, 0.1) is 0 Å². The number of nitrogens with two attached hydrogens (primary N) is 1. The fourth-order valence-corrected chi connectivity index (χ4v) is 2.86. The van der Waals surface area contributed by atoms with Crippen molar-refractivity contribution in [2.75, 3.05) is 18.8 Å². The number of piperidine rings is 1. The number of amides is 1. The van der Waals surface area contributed by atoms with Crippen LogP contribution >= 0.6 is 11.6 Å². The molecule has 2 N–H and O–H groups in total. The van der Waals surface area contributed by atoms with E-state index in [-0.39, 0.29) is 6.09 Å². The molecular formula is C16H24ClN3O2. The fraction of sp³-hybridized carbons (Fsp3) is 0.625. The summed E-state index contributed by atoms with van der Waals surface area (Å²) in [4.78, 5) is 18.1. The fourth-order valence-electron chi connectivity index (χ4n) is 2.62. The Morgan fingerprint density at radius 2 is 2.05 bits per heavy atom. The van der Waals surface area contributed by atoms with E-state index in [4.69, 9.17) is 22.1 Å². The Balaban J connectivity index is 1.86. The van der Waals surface area contributed by atoms with Crippen LogP contribution in [-0.2, 0) is 11.2 Å². The largest absolute Gasteiger partial charge is 0.444 e. The van der Waals surface area contributed by atoms with Gasteiger partial charge in [-0.05, 0) is 58.1 Å². The molecule has 0 aliphatic carbocycles. The van der Waals surface area contributed by atoms with Crippen LogP contribution in [0.4, 0.5) is 10.6 Å². The Kier molecular flexibility index (Phi) is 5.16. The van der Waals surface area contributed by atoms with Gasteiger partial charge in [-0.1, -0.05) is 11.6 Å². The van der Waals surface area contributed by atoms with Crippen molar-refractivity contribution in [1.82, 2.24) is 9.88 Å². The molecule has 1 aliphatic heterocycles. The number of hydrogen-bond acceptors (Lipinski definition) is 4. The van der Waals surface area contributed by atoms with Crippen molar-refractivity contribution < 1.29 is 9.53 Å². The van der Waals surface area contributed by atoms with Crippen LogP contribution in [0, 0.1) is 5.92 Å². The van der Waals surface area contributed by atoms with Crippen LogP contribution in [0.5, 0.6) is 0 Å². The van der Waals surface area contributed by atoms with Gasteiger partial charge in [-0.2, -0.15) is 0 Å². The van der Waals surface area contributed by atoms with E-state index in [0.717, 1.165) is 38.0 Å². The second-order valence-electron chi connectivity index (χ2n) is 6.82. The molecule has 0 spiro atoms. The average molecular weight is 326 g/mol. The molecule has 2 heterocycles. The standard InChI is InChI=1S/C16H24ClN3O2/c1-16(2,3)22-15(21)20-6-4-11(5-7-20)8-13-9-12(17)10-14(18)19-13/h9-11H,4-8H2,1-3H3,(H2,18,19). The van der Waals surface area contributed by atoms with Gasteiger partial charge in [-0.25, -0.2) is 9.78 Å². The number of nitrogen functional groups attached to an aromatic ring is 1. The molecule has 1 aliphatic rings. The van der Waals surface area contributed by atoms with Gasteiger partial charge in [0.1, 0.15) is 11.4 Å². The second kappa shape index (κ2) is 6.73. The topological polar surface area (TPSA) is 68.5 Å². The summed E-state index contributed by atoms with van der Waals surface area (Å²) in [6.07, 6.45) is 2.49. The molecule has 0 bridgehead atoms. The monoisotopic (exact) mass is 325 g/mol. The van der Waals surface area contributed by atoms with Crippen LogP contribution in [0.15, 0.2) is 12.1 Å². The molecular weight excluding hydrogens is 302 g/mol. The molecule has 6 heteroatoms. The van der Waals surface area contributed by atoms with Crippen molar-refractivity contribution >= 4 is 23.5 Å². The molecule has 122 valence electrons. The van der Waals surface area contributed by atoms with Crippen molar-refractivity contribution in [3.63, 3.8) is 0 Å². The number of pyridine rings is 1. The van der Waals surface area contributed by atoms with Gasteiger partial charge >= 0.3 is 6.09 Å². The third-order valence-electron chi connectivity index (χ3n) is 3.63. The summed E-state index contributed by atoms with van der Waals surface area (Å²) in [5.74, 6) is 0.942. The van der Waals surface area contributed by atoms with E-state index in [2.05, 4.69) is 4.98 Å². The molecule has 22 heavy (non-hydrogen) atoms. The van der Waals surface area contributed by atoms with E-state index < -0.39 is 5.60 Å². The zero-order valence-electron chi connectivity index (χ0n) is 13.4. The Morgan fingerprint density at radius 3 is 2.59 bits per heavy atom. The van der Waals surface area contributed by atoms with Gasteiger partial charge in [-0.3, -0.25) is 0 Å². The number of carbonyl (C=O) groups is 1. The molecule has 1 fully saturated rings. The van der Waals surface area contributed by atoms with E-state index in [0.29, 0.717) is 16.8 Å². The molecule has 2 rings (SSSR count). The highest BCUT2D eigenvalue weighted by atomic mass is 35.5. The lowest BCUT2D eigenvalue weighted by atomic mass is 9.92. The summed E-state index contributed by atoms with van der Waals surface area (Å²) in [7, 11) is 0. The van der Waals surface area contributed by atoms with E-state index in [1.807, 2.05) is 26.8 Å². The Labute approximate surface area is 136 Å². The van der Waals surface area contributed by atoms with Crippen molar-refractivity contribution in [3.8, 4) is 0 Å². The molecule has 1 aromatic rings. The highest BCUT2D eigenvalue weighted by Crippen LogP contribution is 2.24. The maximum Gasteiger partial charge on any atom is 0.410 e. The quantitative estimate of drug-likeness (QED) is 0.903. The summed E-state index contributed by atoms with van der Waals surface area (Å²) in [5.41, 5.74) is 6.19. The number of carbonyl (C=O) groups excluding carboxylic acids is 1. The van der Waals surface area contributed by atoms with E-state index in [9.17, 15) is 4.79 Å². The number of likely N-dealkylation sites (tertiary alicyclic amines) is 1. The lowest BCUT2D eigenvalue weighted by molar-refractivity contribution is 0.0184. The minimum Gasteiger partial charge on any atom is -0.444 e. The number of hydrogen-bond donors (Lipinski definition) is 1. The molecule has 5 nitrogen and oxygen atoms in total. The number of anilines is 1. The van der Waals surface area contributed by atoms with Crippen molar-refractivity contribution in [2.45, 2.75) is 45.6 Å². The Morgan fingerprint density at radius 1 is 1.41 bits per heavy atom. The zero-order valence-corrected chi connectivity index (χ0v) is 14.2. The first-order valence-corrected chi connectivity index (χ1v) is 8.00. The number of aromatic nitrogens is 1. The average Bonchev–Trinajstić information content (AvgIpc) is 2.36. The third-order valence-corrected chi connectivity index (χ3v) is 3.85. The molecule has 0 unspecified atom stereocenters. The zero-order chi connectivity index (χ0) is 16.3. The number of rotatable bonds is 2. The second-order valence-corrected chi connectivity index (χ2v) is 7.25. The Hall–Kier alpha value is -1.49. The first kappa shape index (κ1) is 16.9. The molecule has 1 saturated heterocycles. The van der Waals surface area contributed by atoms with Crippen molar-refractivity contribution in [1.29, 1.82) is 0 Å². The van der Waals surface area contributed by atoms with E-state index >= 15 is 0 Å². The smallest absolute Gasteiger partial charge is 0.410 e. The van der Waals surface area contributed by atoms with E-state index in [1.165, 1.54) is 0 Å². The molecule has 0 aromatic carbocycles.